The summed E-state index contributed by atoms with van der Waals surface area (Å²) in [7, 11) is -1.17. The molecule has 4 nitrogen and oxygen atoms in total. The largest absolute Gasteiger partial charge is 0.373 e. The van der Waals surface area contributed by atoms with Crippen molar-refractivity contribution < 1.29 is 8.42 Å². The summed E-state index contributed by atoms with van der Waals surface area (Å²) >= 11 is 0. The van der Waals surface area contributed by atoms with Crippen LogP contribution in [0.5, 0.6) is 0 Å². The van der Waals surface area contributed by atoms with E-state index in [1.807, 2.05) is 31.0 Å². The molecule has 1 unspecified atom stereocenters. The van der Waals surface area contributed by atoms with Gasteiger partial charge >= 0.3 is 0 Å². The normalized spacial score (nSPS) is 13.4. The molecule has 0 aliphatic heterocycles. The maximum Gasteiger partial charge on any atom is 0.178 e. The van der Waals surface area contributed by atoms with Crippen LogP contribution in [0, 0.1) is 0 Å². The SMILES string of the molecule is CCS(=O)(=O)c1ccc(N(C)CC(C)N)cc1. The maximum atomic E-state index is 11.6. The van der Waals surface area contributed by atoms with Crippen molar-refractivity contribution in [3.8, 4) is 0 Å². The van der Waals surface area contributed by atoms with Gasteiger partial charge in [-0.2, -0.15) is 0 Å². The molecule has 1 aromatic carbocycles. The fraction of sp³-hybridized carbons (Fsp3) is 0.500. The fourth-order valence-corrected chi connectivity index (χ4v) is 2.50. The van der Waals surface area contributed by atoms with Crippen LogP contribution in [0.15, 0.2) is 29.2 Å². The zero-order chi connectivity index (χ0) is 13.1. The van der Waals surface area contributed by atoms with Gasteiger partial charge in [0.2, 0.25) is 0 Å². The lowest BCUT2D eigenvalue weighted by molar-refractivity contribution is 0.597. The molecule has 0 amide bonds. The lowest BCUT2D eigenvalue weighted by Gasteiger charge is -2.21. The first kappa shape index (κ1) is 14.0. The van der Waals surface area contributed by atoms with E-state index in [9.17, 15) is 8.42 Å². The molecule has 1 aromatic rings. The molecular weight excluding hydrogens is 236 g/mol. The molecule has 0 saturated heterocycles. The van der Waals surface area contributed by atoms with E-state index in [1.165, 1.54) is 0 Å². The summed E-state index contributed by atoms with van der Waals surface area (Å²) in [5.41, 5.74) is 6.68. The van der Waals surface area contributed by atoms with Crippen LogP contribution < -0.4 is 10.6 Å². The topological polar surface area (TPSA) is 63.4 Å². The van der Waals surface area contributed by atoms with Crippen molar-refractivity contribution in [1.82, 2.24) is 0 Å². The van der Waals surface area contributed by atoms with E-state index in [-0.39, 0.29) is 11.8 Å². The minimum absolute atomic E-state index is 0.0825. The van der Waals surface area contributed by atoms with Gasteiger partial charge in [-0.05, 0) is 31.2 Å². The third kappa shape index (κ3) is 3.71. The minimum atomic E-state index is -3.11. The Morgan fingerprint density at radius 2 is 1.82 bits per heavy atom. The number of anilines is 1. The Balaban J connectivity index is 2.89. The molecule has 17 heavy (non-hydrogen) atoms. The molecule has 0 aliphatic rings. The summed E-state index contributed by atoms with van der Waals surface area (Å²) in [6.07, 6.45) is 0. The average molecular weight is 256 g/mol. The summed E-state index contributed by atoms with van der Waals surface area (Å²) in [4.78, 5) is 2.38. The van der Waals surface area contributed by atoms with Gasteiger partial charge in [-0.25, -0.2) is 8.42 Å². The second-order valence-electron chi connectivity index (χ2n) is 4.26. The highest BCUT2D eigenvalue weighted by Gasteiger charge is 2.11. The summed E-state index contributed by atoms with van der Waals surface area (Å²) in [6.45, 7) is 4.32. The van der Waals surface area contributed by atoms with Crippen LogP contribution in [0.2, 0.25) is 0 Å². The summed E-state index contributed by atoms with van der Waals surface area (Å²) in [5, 5.41) is 0. The molecule has 0 bridgehead atoms. The highest BCUT2D eigenvalue weighted by atomic mass is 32.2. The first-order valence-electron chi connectivity index (χ1n) is 5.66. The predicted octanol–water partition coefficient (Wildman–Crippen LogP) is 1.26. The van der Waals surface area contributed by atoms with Gasteiger partial charge in [0.1, 0.15) is 0 Å². The second kappa shape index (κ2) is 5.51. The molecule has 0 spiro atoms. The fourth-order valence-electron chi connectivity index (χ4n) is 1.61. The van der Waals surface area contributed by atoms with Crippen LogP contribution in [0.25, 0.3) is 0 Å². The van der Waals surface area contributed by atoms with Gasteiger partial charge in [0, 0.05) is 25.3 Å². The van der Waals surface area contributed by atoms with E-state index in [0.29, 0.717) is 4.90 Å². The Morgan fingerprint density at radius 1 is 1.29 bits per heavy atom. The summed E-state index contributed by atoms with van der Waals surface area (Å²) in [5.74, 6) is 0.127. The second-order valence-corrected chi connectivity index (χ2v) is 6.53. The molecule has 2 N–H and O–H groups in total. The first-order chi connectivity index (χ1) is 7.86. The van der Waals surface area contributed by atoms with Crippen LogP contribution in [0.3, 0.4) is 0 Å². The maximum absolute atomic E-state index is 11.6. The Morgan fingerprint density at radius 3 is 2.24 bits per heavy atom. The van der Waals surface area contributed by atoms with Gasteiger partial charge in [0.05, 0.1) is 10.6 Å². The zero-order valence-electron chi connectivity index (χ0n) is 10.6. The quantitative estimate of drug-likeness (QED) is 0.861. The number of sulfone groups is 1. The van der Waals surface area contributed by atoms with Gasteiger partial charge < -0.3 is 10.6 Å². The lowest BCUT2D eigenvalue weighted by Crippen LogP contribution is -2.32. The van der Waals surface area contributed by atoms with Gasteiger partial charge in [-0.1, -0.05) is 6.92 Å². The third-order valence-electron chi connectivity index (χ3n) is 2.58. The molecule has 0 aliphatic carbocycles. The van der Waals surface area contributed by atoms with E-state index >= 15 is 0 Å². The number of hydrogen-bond acceptors (Lipinski definition) is 4. The highest BCUT2D eigenvalue weighted by Crippen LogP contribution is 2.17. The van der Waals surface area contributed by atoms with E-state index in [2.05, 4.69) is 0 Å². The number of likely N-dealkylation sites (N-methyl/N-ethyl adjacent to an activating group) is 1. The Hall–Kier alpha value is -1.07. The van der Waals surface area contributed by atoms with Crippen molar-refractivity contribution in [2.45, 2.75) is 24.8 Å². The molecule has 1 rings (SSSR count). The lowest BCUT2D eigenvalue weighted by atomic mass is 10.2. The van der Waals surface area contributed by atoms with Crippen LogP contribution in [0.4, 0.5) is 5.69 Å². The van der Waals surface area contributed by atoms with Gasteiger partial charge in [-0.3, -0.25) is 0 Å². The number of nitrogens with zero attached hydrogens (tertiary/aromatic N) is 1. The first-order valence-corrected chi connectivity index (χ1v) is 7.31. The number of rotatable bonds is 5. The summed E-state index contributed by atoms with van der Waals surface area (Å²) in [6, 6.07) is 6.99. The zero-order valence-corrected chi connectivity index (χ0v) is 11.4. The molecular formula is C12H20N2O2S. The van der Waals surface area contributed by atoms with E-state index in [0.717, 1.165) is 12.2 Å². The van der Waals surface area contributed by atoms with Crippen molar-refractivity contribution in [1.29, 1.82) is 0 Å². The Labute approximate surface area is 103 Å². The van der Waals surface area contributed by atoms with Crippen molar-refractivity contribution in [3.05, 3.63) is 24.3 Å². The van der Waals surface area contributed by atoms with Crippen LogP contribution in [-0.2, 0) is 9.84 Å². The van der Waals surface area contributed by atoms with Crippen molar-refractivity contribution in [2.24, 2.45) is 5.73 Å². The molecule has 96 valence electrons. The molecule has 0 aromatic heterocycles. The van der Waals surface area contributed by atoms with Gasteiger partial charge in [-0.15, -0.1) is 0 Å². The average Bonchev–Trinajstić information content (AvgIpc) is 2.28. The Bertz CT molecular complexity index is 452. The number of benzene rings is 1. The number of nitrogens with two attached hydrogens (primary N) is 1. The third-order valence-corrected chi connectivity index (χ3v) is 4.33. The predicted molar refractivity (Wildman–Crippen MR) is 71.1 cm³/mol. The molecule has 0 heterocycles. The van der Waals surface area contributed by atoms with E-state index < -0.39 is 9.84 Å². The van der Waals surface area contributed by atoms with Gasteiger partial charge in [0.25, 0.3) is 0 Å². The van der Waals surface area contributed by atoms with Crippen molar-refractivity contribution >= 4 is 15.5 Å². The van der Waals surface area contributed by atoms with Crippen LogP contribution in [0.1, 0.15) is 13.8 Å². The van der Waals surface area contributed by atoms with E-state index in [4.69, 9.17) is 5.73 Å². The van der Waals surface area contributed by atoms with Crippen LogP contribution in [-0.4, -0.2) is 33.8 Å². The number of hydrogen-bond donors (Lipinski definition) is 1. The molecule has 0 saturated carbocycles. The standard InChI is InChI=1S/C12H20N2O2S/c1-4-17(15,16)12-7-5-11(6-8-12)14(3)9-10(2)13/h5-8,10H,4,9,13H2,1-3H3. The van der Waals surface area contributed by atoms with Crippen molar-refractivity contribution in [2.75, 3.05) is 24.2 Å². The van der Waals surface area contributed by atoms with Crippen molar-refractivity contribution in [3.63, 3.8) is 0 Å². The molecule has 5 heteroatoms. The van der Waals surface area contributed by atoms with E-state index in [1.54, 1.807) is 19.1 Å². The smallest absolute Gasteiger partial charge is 0.178 e. The molecule has 0 fully saturated rings. The molecule has 1 atom stereocenters. The highest BCUT2D eigenvalue weighted by molar-refractivity contribution is 7.91. The van der Waals surface area contributed by atoms with Crippen LogP contribution >= 0.6 is 0 Å². The summed E-state index contributed by atoms with van der Waals surface area (Å²) < 4.78 is 23.3. The molecule has 0 radical (unpaired) electrons. The monoisotopic (exact) mass is 256 g/mol. The minimum Gasteiger partial charge on any atom is -0.373 e. The van der Waals surface area contributed by atoms with Gasteiger partial charge in [0.15, 0.2) is 9.84 Å². The Kier molecular flexibility index (Phi) is 4.54.